The van der Waals surface area contributed by atoms with Gasteiger partial charge < -0.3 is 14.5 Å². The summed E-state index contributed by atoms with van der Waals surface area (Å²) in [6.45, 7) is 2.59. The summed E-state index contributed by atoms with van der Waals surface area (Å²) >= 11 is 0. The van der Waals surface area contributed by atoms with E-state index in [2.05, 4.69) is 15.4 Å². The highest BCUT2D eigenvalue weighted by molar-refractivity contribution is 5.75. The molecule has 0 saturated heterocycles. The van der Waals surface area contributed by atoms with Crippen molar-refractivity contribution in [2.45, 2.75) is 19.9 Å². The van der Waals surface area contributed by atoms with Gasteiger partial charge in [-0.15, -0.1) is 0 Å². The Morgan fingerprint density at radius 3 is 2.76 bits per heavy atom. The zero-order chi connectivity index (χ0) is 17.6. The molecule has 0 bridgehead atoms. The number of nitrogens with zero attached hydrogens (tertiary/aromatic N) is 3. The summed E-state index contributed by atoms with van der Waals surface area (Å²) in [5, 5.41) is 7.04. The van der Waals surface area contributed by atoms with Crippen LogP contribution in [0.15, 0.2) is 47.2 Å². The van der Waals surface area contributed by atoms with Crippen molar-refractivity contribution < 1.29 is 13.9 Å². The van der Waals surface area contributed by atoms with Crippen LogP contribution < -0.4 is 10.1 Å². The molecule has 0 saturated carbocycles. The lowest BCUT2D eigenvalue weighted by atomic mass is 10.2. The molecule has 3 rings (SSSR count). The topological polar surface area (TPSA) is 82.2 Å². The molecule has 0 aliphatic heterocycles. The van der Waals surface area contributed by atoms with Gasteiger partial charge in [0.2, 0.25) is 11.8 Å². The van der Waals surface area contributed by atoms with Gasteiger partial charge in [0.15, 0.2) is 0 Å². The maximum Gasteiger partial charge on any atom is 0.241 e. The third kappa shape index (κ3) is 4.47. The molecule has 1 aromatic carbocycles. The maximum atomic E-state index is 11.9. The predicted octanol–water partition coefficient (Wildman–Crippen LogP) is 2.21. The molecule has 2 heterocycles. The predicted molar refractivity (Wildman–Crippen MR) is 92.2 cm³/mol. The number of aryl methyl sites for hydroxylation is 1. The van der Waals surface area contributed by atoms with Crippen LogP contribution in [0.4, 0.5) is 0 Å². The molecule has 25 heavy (non-hydrogen) atoms. The van der Waals surface area contributed by atoms with Crippen LogP contribution in [-0.4, -0.2) is 34.3 Å². The minimum atomic E-state index is -0.0815. The summed E-state index contributed by atoms with van der Waals surface area (Å²) in [6, 6.07) is 9.36. The molecule has 0 spiro atoms. The Hall–Kier alpha value is -3.09. The van der Waals surface area contributed by atoms with Crippen molar-refractivity contribution in [3.05, 3.63) is 54.2 Å². The summed E-state index contributed by atoms with van der Waals surface area (Å²) in [5.74, 6) is 1.25. The highest BCUT2D eigenvalue weighted by atomic mass is 16.5. The minimum Gasteiger partial charge on any atom is -0.497 e. The Kier molecular flexibility index (Phi) is 5.13. The first-order valence-electron chi connectivity index (χ1n) is 7.99. The Morgan fingerprint density at radius 2 is 2.08 bits per heavy atom. The number of carbonyl (C=O) groups excluding carboxylic acids is 1. The monoisotopic (exact) mass is 340 g/mol. The van der Waals surface area contributed by atoms with Crippen LogP contribution in [0.1, 0.15) is 11.4 Å². The quantitative estimate of drug-likeness (QED) is 0.713. The van der Waals surface area contributed by atoms with E-state index >= 15 is 0 Å². The van der Waals surface area contributed by atoms with Crippen LogP contribution in [0.25, 0.3) is 11.5 Å². The van der Waals surface area contributed by atoms with E-state index in [0.29, 0.717) is 18.9 Å². The molecule has 130 valence electrons. The zero-order valence-electron chi connectivity index (χ0n) is 14.2. The molecule has 7 nitrogen and oxygen atoms in total. The fourth-order valence-electron chi connectivity index (χ4n) is 2.37. The summed E-state index contributed by atoms with van der Waals surface area (Å²) in [5.41, 5.74) is 2.56. The Morgan fingerprint density at radius 1 is 1.28 bits per heavy atom. The van der Waals surface area contributed by atoms with Gasteiger partial charge in [0.05, 0.1) is 18.5 Å². The standard InChI is InChI=1S/C18H20N4O3/c1-13-8-10-22(21-13)11-17(23)19-9-7-15-12-25-18(20-15)14-3-5-16(24-2)6-4-14/h3-6,8,10,12H,7,9,11H2,1-2H3,(H,19,23). The number of carbonyl (C=O) groups is 1. The first-order valence-corrected chi connectivity index (χ1v) is 7.99. The number of hydrogen-bond donors (Lipinski definition) is 1. The molecule has 0 unspecified atom stereocenters. The van der Waals surface area contributed by atoms with Crippen LogP contribution in [0.3, 0.4) is 0 Å². The van der Waals surface area contributed by atoms with E-state index in [1.54, 1.807) is 24.3 Å². The molecule has 1 amide bonds. The van der Waals surface area contributed by atoms with Gasteiger partial charge in [-0.2, -0.15) is 5.10 Å². The van der Waals surface area contributed by atoms with Crippen LogP contribution in [0.5, 0.6) is 5.75 Å². The third-order valence-corrected chi connectivity index (χ3v) is 3.67. The number of hydrogen-bond acceptors (Lipinski definition) is 5. The lowest BCUT2D eigenvalue weighted by Gasteiger charge is -2.04. The van der Waals surface area contributed by atoms with Gasteiger partial charge in [-0.1, -0.05) is 0 Å². The minimum absolute atomic E-state index is 0.0815. The highest BCUT2D eigenvalue weighted by Gasteiger charge is 2.08. The van der Waals surface area contributed by atoms with E-state index in [0.717, 1.165) is 22.7 Å². The van der Waals surface area contributed by atoms with E-state index in [-0.39, 0.29) is 12.5 Å². The lowest BCUT2D eigenvalue weighted by molar-refractivity contribution is -0.121. The largest absolute Gasteiger partial charge is 0.497 e. The Bertz CT molecular complexity index is 836. The number of benzene rings is 1. The average molecular weight is 340 g/mol. The first kappa shape index (κ1) is 16.8. The van der Waals surface area contributed by atoms with Gasteiger partial charge in [-0.3, -0.25) is 9.48 Å². The Balaban J connectivity index is 1.48. The number of rotatable bonds is 7. The van der Waals surface area contributed by atoms with Crippen molar-refractivity contribution in [2.75, 3.05) is 13.7 Å². The first-order chi connectivity index (χ1) is 12.1. The number of methoxy groups -OCH3 is 1. The van der Waals surface area contributed by atoms with Gasteiger partial charge >= 0.3 is 0 Å². The summed E-state index contributed by atoms with van der Waals surface area (Å²) in [4.78, 5) is 16.3. The van der Waals surface area contributed by atoms with Crippen molar-refractivity contribution >= 4 is 5.91 Å². The molecule has 0 fully saturated rings. The van der Waals surface area contributed by atoms with E-state index in [4.69, 9.17) is 9.15 Å². The van der Waals surface area contributed by atoms with Crippen molar-refractivity contribution in [1.82, 2.24) is 20.1 Å². The van der Waals surface area contributed by atoms with Crippen LogP contribution in [-0.2, 0) is 17.8 Å². The zero-order valence-corrected chi connectivity index (χ0v) is 14.2. The van der Waals surface area contributed by atoms with Crippen molar-refractivity contribution in [1.29, 1.82) is 0 Å². The summed E-state index contributed by atoms with van der Waals surface area (Å²) in [6.07, 6.45) is 4.00. The van der Waals surface area contributed by atoms with Crippen LogP contribution >= 0.6 is 0 Å². The van der Waals surface area contributed by atoms with Gasteiger partial charge in [0, 0.05) is 24.7 Å². The summed E-state index contributed by atoms with van der Waals surface area (Å²) < 4.78 is 12.2. The van der Waals surface area contributed by atoms with Gasteiger partial charge in [0.1, 0.15) is 18.6 Å². The molecule has 0 aliphatic carbocycles. The molecular weight excluding hydrogens is 320 g/mol. The van der Waals surface area contributed by atoms with E-state index in [1.807, 2.05) is 37.3 Å². The molecule has 1 N–H and O–H groups in total. The van der Waals surface area contributed by atoms with Gasteiger partial charge in [-0.25, -0.2) is 4.98 Å². The second-order valence-corrected chi connectivity index (χ2v) is 5.63. The SMILES string of the molecule is COc1ccc(-c2nc(CCNC(=O)Cn3ccc(C)n3)co2)cc1. The van der Waals surface area contributed by atoms with Gasteiger partial charge in [0.25, 0.3) is 0 Å². The van der Waals surface area contributed by atoms with Crippen molar-refractivity contribution in [3.8, 4) is 17.2 Å². The van der Waals surface area contributed by atoms with E-state index in [1.165, 1.54) is 0 Å². The molecule has 0 atom stereocenters. The van der Waals surface area contributed by atoms with Crippen molar-refractivity contribution in [2.24, 2.45) is 0 Å². The smallest absolute Gasteiger partial charge is 0.241 e. The number of aromatic nitrogens is 3. The van der Waals surface area contributed by atoms with Crippen molar-refractivity contribution in [3.63, 3.8) is 0 Å². The molecule has 2 aromatic heterocycles. The Labute approximate surface area is 145 Å². The van der Waals surface area contributed by atoms with Gasteiger partial charge in [-0.05, 0) is 37.3 Å². The number of amides is 1. The second kappa shape index (κ2) is 7.65. The average Bonchev–Trinajstić information content (AvgIpc) is 3.24. The van der Waals surface area contributed by atoms with E-state index < -0.39 is 0 Å². The molecule has 7 heteroatoms. The van der Waals surface area contributed by atoms with Crippen LogP contribution in [0.2, 0.25) is 0 Å². The lowest BCUT2D eigenvalue weighted by Crippen LogP contribution is -2.29. The second-order valence-electron chi connectivity index (χ2n) is 5.63. The maximum absolute atomic E-state index is 11.9. The number of oxazole rings is 1. The fraction of sp³-hybridized carbons (Fsp3) is 0.278. The fourth-order valence-corrected chi connectivity index (χ4v) is 2.37. The highest BCUT2D eigenvalue weighted by Crippen LogP contribution is 2.21. The third-order valence-electron chi connectivity index (χ3n) is 3.67. The molecule has 0 aliphatic rings. The van der Waals surface area contributed by atoms with E-state index in [9.17, 15) is 4.79 Å². The normalized spacial score (nSPS) is 10.6. The number of ether oxygens (including phenoxy) is 1. The number of nitrogens with one attached hydrogen (secondary N) is 1. The molecular formula is C18H20N4O3. The summed E-state index contributed by atoms with van der Waals surface area (Å²) in [7, 11) is 1.63. The molecule has 3 aromatic rings. The molecule has 0 radical (unpaired) electrons. The van der Waals surface area contributed by atoms with Crippen LogP contribution in [0, 0.1) is 6.92 Å².